The van der Waals surface area contributed by atoms with E-state index in [1.165, 1.54) is 25.1 Å². The first-order valence-corrected chi connectivity index (χ1v) is 10.5. The van der Waals surface area contributed by atoms with Gasteiger partial charge in [-0.1, -0.05) is 29.8 Å². The largest absolute Gasteiger partial charge is 0.348 e. The lowest BCUT2D eigenvalue weighted by Crippen LogP contribution is -2.48. The van der Waals surface area contributed by atoms with E-state index < -0.39 is 27.8 Å². The molecule has 5 nitrogen and oxygen atoms in total. The van der Waals surface area contributed by atoms with E-state index in [-0.39, 0.29) is 11.7 Å². The van der Waals surface area contributed by atoms with Crippen LogP contribution in [0.1, 0.15) is 36.6 Å². The van der Waals surface area contributed by atoms with E-state index in [9.17, 15) is 17.6 Å². The minimum atomic E-state index is -3.79. The zero-order chi connectivity index (χ0) is 20.4. The van der Waals surface area contributed by atoms with Crippen LogP contribution in [-0.2, 0) is 14.8 Å². The molecule has 0 radical (unpaired) electrons. The van der Waals surface area contributed by atoms with Crippen LogP contribution in [0.5, 0.6) is 0 Å². The molecular formula is C20H25FN2O3S. The Hall–Kier alpha value is -2.41. The van der Waals surface area contributed by atoms with Gasteiger partial charge in [0.1, 0.15) is 11.9 Å². The summed E-state index contributed by atoms with van der Waals surface area (Å²) in [6.45, 7) is 7.28. The van der Waals surface area contributed by atoms with Crippen LogP contribution in [-0.4, -0.2) is 26.6 Å². The number of carbonyl (C=O) groups is 1. The Bertz CT molecular complexity index is 944. The highest BCUT2D eigenvalue weighted by Gasteiger charge is 2.30. The molecule has 0 fully saturated rings. The van der Waals surface area contributed by atoms with Gasteiger partial charge in [0.2, 0.25) is 15.9 Å². The Balaban J connectivity index is 2.27. The minimum absolute atomic E-state index is 0.110. The molecule has 0 aromatic heterocycles. The average Bonchev–Trinajstić information content (AvgIpc) is 2.53. The lowest BCUT2D eigenvalue weighted by Gasteiger charge is -2.29. The molecule has 0 saturated carbocycles. The summed E-state index contributed by atoms with van der Waals surface area (Å²) in [7, 11) is -3.79. The third kappa shape index (κ3) is 5.07. The highest BCUT2D eigenvalue weighted by molar-refractivity contribution is 7.92. The maximum atomic E-state index is 13.6. The van der Waals surface area contributed by atoms with Gasteiger partial charge in [-0.15, -0.1) is 0 Å². The van der Waals surface area contributed by atoms with Crippen molar-refractivity contribution in [3.8, 4) is 0 Å². The summed E-state index contributed by atoms with van der Waals surface area (Å²) in [5.41, 5.74) is 3.23. The summed E-state index contributed by atoms with van der Waals surface area (Å²) < 4.78 is 39.0. The van der Waals surface area contributed by atoms with Gasteiger partial charge in [-0.3, -0.25) is 9.10 Å². The van der Waals surface area contributed by atoms with Crippen LogP contribution >= 0.6 is 0 Å². The molecule has 0 heterocycles. The number of halogens is 1. The fourth-order valence-corrected chi connectivity index (χ4v) is 4.31. The molecule has 2 rings (SSSR count). The monoisotopic (exact) mass is 392 g/mol. The number of rotatable bonds is 6. The maximum absolute atomic E-state index is 13.6. The molecular weight excluding hydrogens is 367 g/mol. The zero-order valence-electron chi connectivity index (χ0n) is 16.2. The van der Waals surface area contributed by atoms with E-state index in [4.69, 9.17) is 0 Å². The summed E-state index contributed by atoms with van der Waals surface area (Å²) in [6, 6.07) is 9.79. The van der Waals surface area contributed by atoms with E-state index in [0.29, 0.717) is 0 Å². The van der Waals surface area contributed by atoms with Crippen molar-refractivity contribution in [3.63, 3.8) is 0 Å². The molecule has 1 N–H and O–H groups in total. The van der Waals surface area contributed by atoms with Crippen LogP contribution in [0.15, 0.2) is 42.5 Å². The minimum Gasteiger partial charge on any atom is -0.348 e. The SMILES string of the molecule is Cc1ccc([C@@H](C)NC(=O)[C@H](C)N(c2cccc(F)c2)S(C)(=O)=O)c(C)c1. The predicted molar refractivity (Wildman–Crippen MR) is 106 cm³/mol. The topological polar surface area (TPSA) is 66.5 Å². The molecule has 2 aromatic carbocycles. The molecule has 2 aromatic rings. The normalized spacial score (nSPS) is 13.7. The molecule has 7 heteroatoms. The second kappa shape index (κ2) is 8.08. The standard InChI is InChI=1S/C20H25FN2O3S/c1-13-9-10-19(14(2)11-13)15(3)22-20(24)16(4)23(27(5,25)26)18-8-6-7-17(21)12-18/h6-12,15-16H,1-5H3,(H,22,24)/t15-,16+/m1/s1. The molecule has 0 spiro atoms. The van der Waals surface area contributed by atoms with Crippen LogP contribution in [0.3, 0.4) is 0 Å². The highest BCUT2D eigenvalue weighted by Crippen LogP contribution is 2.23. The average molecular weight is 392 g/mol. The van der Waals surface area contributed by atoms with Crippen LogP contribution in [0.25, 0.3) is 0 Å². The fraction of sp³-hybridized carbons (Fsp3) is 0.350. The molecule has 146 valence electrons. The number of benzene rings is 2. The number of hydrogen-bond acceptors (Lipinski definition) is 3. The highest BCUT2D eigenvalue weighted by atomic mass is 32.2. The summed E-state index contributed by atoms with van der Waals surface area (Å²) >= 11 is 0. The van der Waals surface area contributed by atoms with Crippen molar-refractivity contribution in [2.75, 3.05) is 10.6 Å². The van der Waals surface area contributed by atoms with E-state index in [0.717, 1.165) is 33.3 Å². The first-order chi connectivity index (χ1) is 12.5. The van der Waals surface area contributed by atoms with Crippen LogP contribution in [0, 0.1) is 19.7 Å². The first-order valence-electron chi connectivity index (χ1n) is 8.63. The van der Waals surface area contributed by atoms with Gasteiger partial charge in [-0.05, 0) is 57.0 Å². The zero-order valence-corrected chi connectivity index (χ0v) is 17.0. The number of aryl methyl sites for hydroxylation is 2. The summed E-state index contributed by atoms with van der Waals surface area (Å²) in [4.78, 5) is 12.7. The van der Waals surface area contributed by atoms with Crippen molar-refractivity contribution in [3.05, 3.63) is 65.0 Å². The Labute approximate surface area is 160 Å². The van der Waals surface area contributed by atoms with Gasteiger partial charge in [0.05, 0.1) is 18.0 Å². The van der Waals surface area contributed by atoms with Gasteiger partial charge in [-0.25, -0.2) is 12.8 Å². The van der Waals surface area contributed by atoms with Gasteiger partial charge in [0.25, 0.3) is 0 Å². The van der Waals surface area contributed by atoms with E-state index >= 15 is 0 Å². The fourth-order valence-electron chi connectivity index (χ4n) is 3.15. The smallest absolute Gasteiger partial charge is 0.244 e. The molecule has 0 aliphatic rings. The van der Waals surface area contributed by atoms with Crippen molar-refractivity contribution in [1.82, 2.24) is 5.32 Å². The maximum Gasteiger partial charge on any atom is 0.244 e. The molecule has 1 amide bonds. The lowest BCUT2D eigenvalue weighted by atomic mass is 10.00. The van der Waals surface area contributed by atoms with Crippen molar-refractivity contribution in [2.24, 2.45) is 0 Å². The number of hydrogen-bond donors (Lipinski definition) is 1. The lowest BCUT2D eigenvalue weighted by molar-refractivity contribution is -0.122. The van der Waals surface area contributed by atoms with Crippen LogP contribution in [0.4, 0.5) is 10.1 Å². The molecule has 27 heavy (non-hydrogen) atoms. The number of anilines is 1. The Morgan fingerprint density at radius 2 is 1.78 bits per heavy atom. The van der Waals surface area contributed by atoms with Gasteiger partial charge in [-0.2, -0.15) is 0 Å². The molecule has 0 aliphatic carbocycles. The Morgan fingerprint density at radius 1 is 1.11 bits per heavy atom. The third-order valence-corrected chi connectivity index (χ3v) is 5.64. The second-order valence-corrected chi connectivity index (χ2v) is 8.66. The van der Waals surface area contributed by atoms with Gasteiger partial charge in [0, 0.05) is 0 Å². The number of nitrogens with zero attached hydrogens (tertiary/aromatic N) is 1. The Morgan fingerprint density at radius 3 is 2.33 bits per heavy atom. The van der Waals surface area contributed by atoms with E-state index in [1.807, 2.05) is 39.0 Å². The van der Waals surface area contributed by atoms with Crippen molar-refractivity contribution < 1.29 is 17.6 Å². The van der Waals surface area contributed by atoms with Crippen molar-refractivity contribution >= 4 is 21.6 Å². The van der Waals surface area contributed by atoms with Crippen molar-refractivity contribution in [1.29, 1.82) is 0 Å². The number of sulfonamides is 1. The van der Waals surface area contributed by atoms with Crippen molar-refractivity contribution in [2.45, 2.75) is 39.8 Å². The van der Waals surface area contributed by atoms with Crippen LogP contribution < -0.4 is 9.62 Å². The van der Waals surface area contributed by atoms with Gasteiger partial charge < -0.3 is 5.32 Å². The quantitative estimate of drug-likeness (QED) is 0.819. The van der Waals surface area contributed by atoms with E-state index in [1.54, 1.807) is 0 Å². The predicted octanol–water partition coefficient (Wildman–Crippen LogP) is 3.47. The molecule has 0 aliphatic heterocycles. The number of amides is 1. The molecule has 2 atom stereocenters. The van der Waals surface area contributed by atoms with Gasteiger partial charge in [0.15, 0.2) is 0 Å². The Kier molecular flexibility index (Phi) is 6.26. The van der Waals surface area contributed by atoms with E-state index in [2.05, 4.69) is 5.32 Å². The first kappa shape index (κ1) is 20.9. The summed E-state index contributed by atoms with van der Waals surface area (Å²) in [6.07, 6.45) is 0.995. The number of nitrogens with one attached hydrogen (secondary N) is 1. The summed E-state index contributed by atoms with van der Waals surface area (Å²) in [5, 5.41) is 2.85. The molecule has 0 bridgehead atoms. The number of carbonyl (C=O) groups excluding carboxylic acids is 1. The van der Waals surface area contributed by atoms with Gasteiger partial charge >= 0.3 is 0 Å². The third-order valence-electron chi connectivity index (χ3n) is 4.40. The summed E-state index contributed by atoms with van der Waals surface area (Å²) in [5.74, 6) is -1.03. The van der Waals surface area contributed by atoms with Crippen LogP contribution in [0.2, 0.25) is 0 Å². The second-order valence-electron chi connectivity index (χ2n) is 6.80. The molecule has 0 saturated heterocycles. The molecule has 0 unspecified atom stereocenters.